The predicted molar refractivity (Wildman–Crippen MR) is 129 cm³/mol. The number of piperazine rings is 1. The highest BCUT2D eigenvalue weighted by atomic mass is 32.2. The van der Waals surface area contributed by atoms with Crippen molar-refractivity contribution in [2.45, 2.75) is 44.6 Å². The molecule has 10 heteroatoms. The van der Waals surface area contributed by atoms with Crippen LogP contribution in [0.5, 0.6) is 0 Å². The van der Waals surface area contributed by atoms with Crippen molar-refractivity contribution in [3.8, 4) is 0 Å². The fourth-order valence-corrected chi connectivity index (χ4v) is 6.11. The van der Waals surface area contributed by atoms with Gasteiger partial charge < -0.3 is 15.1 Å². The summed E-state index contributed by atoms with van der Waals surface area (Å²) in [6, 6.07) is 4.12. The van der Waals surface area contributed by atoms with Crippen molar-refractivity contribution in [3.63, 3.8) is 0 Å². The monoisotopic (exact) mass is 479 g/mol. The molecule has 1 aromatic carbocycles. The number of carbonyl (C=O) groups is 2. The number of rotatable bonds is 9. The fraction of sp³-hybridized carbons (Fsp3) is 0.652. The van der Waals surface area contributed by atoms with Gasteiger partial charge in [-0.3, -0.25) is 14.5 Å². The van der Waals surface area contributed by atoms with Crippen molar-refractivity contribution < 1.29 is 18.0 Å². The minimum Gasteiger partial charge on any atom is -0.354 e. The molecular weight excluding hydrogens is 442 g/mol. The maximum atomic E-state index is 13.0. The van der Waals surface area contributed by atoms with Gasteiger partial charge in [0.2, 0.25) is 21.8 Å². The first-order chi connectivity index (χ1) is 15.7. The third-order valence-corrected chi connectivity index (χ3v) is 8.61. The molecule has 0 unspecified atom stereocenters. The van der Waals surface area contributed by atoms with Crippen LogP contribution in [0.25, 0.3) is 0 Å². The van der Waals surface area contributed by atoms with Crippen LogP contribution < -0.4 is 10.2 Å². The van der Waals surface area contributed by atoms with Crippen LogP contribution in [0, 0.1) is 0 Å². The van der Waals surface area contributed by atoms with E-state index in [0.717, 1.165) is 39.1 Å². The summed E-state index contributed by atoms with van der Waals surface area (Å²) in [6.45, 7) is 11.5. The highest BCUT2D eigenvalue weighted by Gasteiger charge is 2.37. The zero-order valence-corrected chi connectivity index (χ0v) is 21.0. The van der Waals surface area contributed by atoms with Gasteiger partial charge in [-0.25, -0.2) is 8.42 Å². The first kappa shape index (κ1) is 25.6. The van der Waals surface area contributed by atoms with Gasteiger partial charge in [0, 0.05) is 64.8 Å². The molecule has 2 aliphatic rings. The number of fused-ring (bicyclic) bond motifs is 1. The van der Waals surface area contributed by atoms with Crippen LogP contribution in [0.1, 0.15) is 32.8 Å². The van der Waals surface area contributed by atoms with Gasteiger partial charge in [0.25, 0.3) is 0 Å². The zero-order chi connectivity index (χ0) is 24.2. The van der Waals surface area contributed by atoms with Gasteiger partial charge in [0.05, 0.1) is 4.90 Å². The molecule has 2 heterocycles. The Balaban J connectivity index is 1.65. The minimum absolute atomic E-state index is 0.196. The van der Waals surface area contributed by atoms with E-state index in [2.05, 4.69) is 22.2 Å². The molecule has 0 bridgehead atoms. The lowest BCUT2D eigenvalue weighted by atomic mass is 10.1. The van der Waals surface area contributed by atoms with Gasteiger partial charge in [0.15, 0.2) is 0 Å². The number of likely N-dealkylation sites (N-methyl/N-ethyl adjacent to an activating group) is 1. The molecule has 1 aromatic rings. The third-order valence-electron chi connectivity index (χ3n) is 6.57. The van der Waals surface area contributed by atoms with Crippen molar-refractivity contribution in [2.24, 2.45) is 0 Å². The lowest BCUT2D eigenvalue weighted by molar-refractivity contribution is -0.125. The summed E-state index contributed by atoms with van der Waals surface area (Å²) in [4.78, 5) is 31.7. The second-order valence-corrected chi connectivity index (χ2v) is 10.7. The minimum atomic E-state index is -3.61. The SMILES string of the molecule is CCN(CC)S(=O)(=O)c1ccc2c(c1)C[C@@H](C(=O)NCCCN1CCN(C)CC1)N2C(C)=O. The number of amides is 2. The lowest BCUT2D eigenvalue weighted by Crippen LogP contribution is -2.48. The van der Waals surface area contributed by atoms with Crippen LogP contribution in [0.4, 0.5) is 5.69 Å². The predicted octanol–water partition coefficient (Wildman–Crippen LogP) is 0.748. The van der Waals surface area contributed by atoms with E-state index < -0.39 is 16.1 Å². The molecule has 1 atom stereocenters. The number of hydrogen-bond donors (Lipinski definition) is 1. The van der Waals surface area contributed by atoms with Gasteiger partial charge >= 0.3 is 0 Å². The zero-order valence-electron chi connectivity index (χ0n) is 20.2. The van der Waals surface area contributed by atoms with Crippen LogP contribution in [0.15, 0.2) is 23.1 Å². The number of sulfonamides is 1. The molecule has 0 spiro atoms. The molecule has 2 amide bonds. The summed E-state index contributed by atoms with van der Waals surface area (Å²) >= 11 is 0. The van der Waals surface area contributed by atoms with Crippen molar-refractivity contribution in [1.82, 2.24) is 19.4 Å². The molecule has 0 aliphatic carbocycles. The highest BCUT2D eigenvalue weighted by Crippen LogP contribution is 2.34. The second-order valence-electron chi connectivity index (χ2n) is 8.78. The fourth-order valence-electron chi connectivity index (χ4n) is 4.60. The van der Waals surface area contributed by atoms with Crippen LogP contribution in [-0.2, 0) is 26.0 Å². The van der Waals surface area contributed by atoms with E-state index in [1.54, 1.807) is 26.0 Å². The Bertz CT molecular complexity index is 956. The van der Waals surface area contributed by atoms with E-state index in [0.29, 0.717) is 37.3 Å². The van der Waals surface area contributed by atoms with Gasteiger partial charge in [-0.15, -0.1) is 0 Å². The van der Waals surface area contributed by atoms with E-state index in [1.807, 2.05) is 0 Å². The first-order valence-corrected chi connectivity index (χ1v) is 13.2. The van der Waals surface area contributed by atoms with E-state index >= 15 is 0 Å². The molecule has 33 heavy (non-hydrogen) atoms. The van der Waals surface area contributed by atoms with Crippen molar-refractivity contribution in [1.29, 1.82) is 0 Å². The summed E-state index contributed by atoms with van der Waals surface area (Å²) in [5.41, 5.74) is 1.31. The molecule has 184 valence electrons. The van der Waals surface area contributed by atoms with E-state index in [-0.39, 0.29) is 16.7 Å². The number of hydrogen-bond acceptors (Lipinski definition) is 6. The molecule has 0 aromatic heterocycles. The van der Waals surface area contributed by atoms with Gasteiger partial charge in [0.1, 0.15) is 6.04 Å². The van der Waals surface area contributed by atoms with Crippen molar-refractivity contribution in [2.75, 3.05) is 64.3 Å². The highest BCUT2D eigenvalue weighted by molar-refractivity contribution is 7.89. The summed E-state index contributed by atoms with van der Waals surface area (Å²) < 4.78 is 27.2. The molecular formula is C23H37N5O4S. The Morgan fingerprint density at radius 1 is 1.12 bits per heavy atom. The van der Waals surface area contributed by atoms with Gasteiger partial charge in [-0.05, 0) is 43.8 Å². The normalized spacial score (nSPS) is 19.7. The van der Waals surface area contributed by atoms with Crippen molar-refractivity contribution >= 4 is 27.5 Å². The van der Waals surface area contributed by atoms with Crippen LogP contribution in [-0.4, -0.2) is 99.8 Å². The first-order valence-electron chi connectivity index (χ1n) is 11.8. The van der Waals surface area contributed by atoms with Crippen LogP contribution in [0.3, 0.4) is 0 Å². The van der Waals surface area contributed by atoms with Crippen molar-refractivity contribution in [3.05, 3.63) is 23.8 Å². The smallest absolute Gasteiger partial charge is 0.243 e. The maximum Gasteiger partial charge on any atom is 0.243 e. The number of anilines is 1. The molecule has 1 N–H and O–H groups in total. The number of benzene rings is 1. The molecule has 3 rings (SSSR count). The number of carbonyl (C=O) groups excluding carboxylic acids is 2. The molecule has 0 radical (unpaired) electrons. The molecule has 9 nitrogen and oxygen atoms in total. The summed E-state index contributed by atoms with van der Waals surface area (Å²) in [5.74, 6) is -0.432. The Hall–Kier alpha value is -2.01. The van der Waals surface area contributed by atoms with Gasteiger partial charge in [-0.1, -0.05) is 13.8 Å². The maximum absolute atomic E-state index is 13.0. The average molecular weight is 480 g/mol. The van der Waals surface area contributed by atoms with E-state index in [4.69, 9.17) is 0 Å². The topological polar surface area (TPSA) is 93.3 Å². The average Bonchev–Trinajstić information content (AvgIpc) is 3.17. The van der Waals surface area contributed by atoms with E-state index in [1.165, 1.54) is 22.2 Å². The molecule has 1 saturated heterocycles. The van der Waals surface area contributed by atoms with Crippen LogP contribution in [0.2, 0.25) is 0 Å². The standard InChI is InChI=1S/C23H37N5O4S/c1-5-27(6-2)33(31,32)20-8-9-21-19(16-20)17-22(28(21)18(3)29)23(30)24-10-7-11-26-14-12-25(4)13-15-26/h8-9,16,22H,5-7,10-15,17H2,1-4H3,(H,24,30)/t22-/m0/s1. The Morgan fingerprint density at radius 3 is 2.39 bits per heavy atom. The number of nitrogens with one attached hydrogen (secondary N) is 1. The molecule has 1 fully saturated rings. The molecule has 2 aliphatic heterocycles. The largest absolute Gasteiger partial charge is 0.354 e. The summed E-state index contributed by atoms with van der Waals surface area (Å²) in [6.07, 6.45) is 1.16. The Morgan fingerprint density at radius 2 is 1.79 bits per heavy atom. The van der Waals surface area contributed by atoms with Crippen LogP contribution >= 0.6 is 0 Å². The summed E-state index contributed by atoms with van der Waals surface area (Å²) in [5, 5.41) is 2.98. The number of nitrogens with zero attached hydrogens (tertiary/aromatic N) is 4. The lowest BCUT2D eigenvalue weighted by Gasteiger charge is -2.32. The third kappa shape index (κ3) is 5.74. The quantitative estimate of drug-likeness (QED) is 0.526. The second kappa shape index (κ2) is 10.9. The van der Waals surface area contributed by atoms with Gasteiger partial charge in [-0.2, -0.15) is 4.31 Å². The Kier molecular flexibility index (Phi) is 8.49. The summed E-state index contributed by atoms with van der Waals surface area (Å²) in [7, 11) is -1.48. The van der Waals surface area contributed by atoms with E-state index in [9.17, 15) is 18.0 Å². The Labute approximate surface area is 197 Å². The molecule has 0 saturated carbocycles.